The lowest BCUT2D eigenvalue weighted by Crippen LogP contribution is -2.21. The summed E-state index contributed by atoms with van der Waals surface area (Å²) in [4.78, 5) is 2.23. The normalized spacial score (nSPS) is 20.4. The lowest BCUT2D eigenvalue weighted by Gasteiger charge is -2.21. The van der Waals surface area contributed by atoms with Gasteiger partial charge in [0.25, 0.3) is 0 Å². The van der Waals surface area contributed by atoms with Gasteiger partial charge in [0.15, 0.2) is 0 Å². The maximum Gasteiger partial charge on any atom is 0.122 e. The Morgan fingerprint density at radius 1 is 1.45 bits per heavy atom. The van der Waals surface area contributed by atoms with Crippen molar-refractivity contribution in [3.63, 3.8) is 0 Å². The molecule has 0 bridgehead atoms. The minimum atomic E-state index is 0.160. The van der Waals surface area contributed by atoms with Crippen LogP contribution in [0.2, 0.25) is 0 Å². The molecule has 2 atom stereocenters. The molecule has 0 amide bonds. The molecular weight excluding hydrogens is 252 g/mol. The number of nitrogens with zero attached hydrogens (tertiary/aromatic N) is 1. The second-order valence-corrected chi connectivity index (χ2v) is 5.70. The monoisotopic (exact) mass is 278 g/mol. The first-order chi connectivity index (χ1) is 9.65. The molecule has 1 aliphatic rings. The first-order valence-corrected chi connectivity index (χ1v) is 7.57. The first-order valence-electron chi connectivity index (χ1n) is 7.57. The molecule has 1 aromatic rings. The highest BCUT2D eigenvalue weighted by molar-refractivity contribution is 5.54. The molecule has 2 unspecified atom stereocenters. The molecule has 2 rings (SSSR count). The van der Waals surface area contributed by atoms with E-state index >= 15 is 0 Å². The van der Waals surface area contributed by atoms with Crippen molar-refractivity contribution in [2.45, 2.75) is 32.7 Å². The number of aromatic hydroxyl groups is 1. The highest BCUT2D eigenvalue weighted by Crippen LogP contribution is 2.31. The average Bonchev–Trinajstić information content (AvgIpc) is 2.93. The van der Waals surface area contributed by atoms with Crippen LogP contribution in [0.3, 0.4) is 0 Å². The fraction of sp³-hybridized carbons (Fsp3) is 0.625. The zero-order valence-corrected chi connectivity index (χ0v) is 12.5. The van der Waals surface area contributed by atoms with Gasteiger partial charge >= 0.3 is 0 Å². The van der Waals surface area contributed by atoms with Gasteiger partial charge in [-0.3, -0.25) is 0 Å². The topological polar surface area (TPSA) is 55.7 Å². The minimum Gasteiger partial charge on any atom is -0.508 e. The van der Waals surface area contributed by atoms with E-state index in [4.69, 9.17) is 0 Å². The van der Waals surface area contributed by atoms with E-state index in [1.807, 2.05) is 12.1 Å². The van der Waals surface area contributed by atoms with E-state index in [0.717, 1.165) is 43.7 Å². The molecule has 4 nitrogen and oxygen atoms in total. The Morgan fingerprint density at radius 3 is 2.85 bits per heavy atom. The van der Waals surface area contributed by atoms with Crippen LogP contribution in [0.15, 0.2) is 18.2 Å². The van der Waals surface area contributed by atoms with Gasteiger partial charge in [-0.25, -0.2) is 0 Å². The van der Waals surface area contributed by atoms with Crippen molar-refractivity contribution in [2.75, 3.05) is 31.1 Å². The van der Waals surface area contributed by atoms with Crippen molar-refractivity contribution in [2.24, 2.45) is 5.92 Å². The van der Waals surface area contributed by atoms with Crippen molar-refractivity contribution in [3.8, 4) is 5.75 Å². The van der Waals surface area contributed by atoms with Gasteiger partial charge in [-0.1, -0.05) is 13.0 Å². The van der Waals surface area contributed by atoms with Gasteiger partial charge in [0.2, 0.25) is 0 Å². The zero-order chi connectivity index (χ0) is 14.5. The number of hydrogen-bond donors (Lipinski definition) is 3. The third-order valence-electron chi connectivity index (χ3n) is 4.09. The number of anilines is 1. The molecule has 0 aliphatic carbocycles. The summed E-state index contributed by atoms with van der Waals surface area (Å²) in [6.45, 7) is 7.23. The Morgan fingerprint density at radius 2 is 2.25 bits per heavy atom. The van der Waals surface area contributed by atoms with Crippen molar-refractivity contribution < 1.29 is 10.2 Å². The zero-order valence-electron chi connectivity index (χ0n) is 12.5. The highest BCUT2D eigenvalue weighted by Gasteiger charge is 2.22. The van der Waals surface area contributed by atoms with E-state index in [-0.39, 0.29) is 12.6 Å². The van der Waals surface area contributed by atoms with Gasteiger partial charge in [-0.05, 0) is 32.4 Å². The third-order valence-corrected chi connectivity index (χ3v) is 4.09. The lowest BCUT2D eigenvalue weighted by atomic mass is 10.1. The number of hydrogen-bond acceptors (Lipinski definition) is 4. The molecule has 1 aliphatic heterocycles. The Balaban J connectivity index is 2.06. The summed E-state index contributed by atoms with van der Waals surface area (Å²) in [7, 11) is 0. The van der Waals surface area contributed by atoms with E-state index in [1.165, 1.54) is 0 Å². The summed E-state index contributed by atoms with van der Waals surface area (Å²) in [5, 5.41) is 22.8. The molecule has 1 fully saturated rings. The van der Waals surface area contributed by atoms with Crippen molar-refractivity contribution >= 4 is 5.69 Å². The van der Waals surface area contributed by atoms with Gasteiger partial charge in [0.05, 0.1) is 0 Å². The van der Waals surface area contributed by atoms with Gasteiger partial charge in [-0.2, -0.15) is 0 Å². The summed E-state index contributed by atoms with van der Waals surface area (Å²) in [5.41, 5.74) is 1.99. The van der Waals surface area contributed by atoms with Crippen molar-refractivity contribution in [3.05, 3.63) is 23.8 Å². The van der Waals surface area contributed by atoms with Crippen molar-refractivity contribution in [1.82, 2.24) is 5.32 Å². The molecule has 0 radical (unpaired) electrons. The molecule has 1 heterocycles. The van der Waals surface area contributed by atoms with Crippen LogP contribution in [0.4, 0.5) is 5.69 Å². The van der Waals surface area contributed by atoms with Gasteiger partial charge in [0.1, 0.15) is 5.75 Å². The molecule has 0 aromatic heterocycles. The van der Waals surface area contributed by atoms with E-state index in [0.29, 0.717) is 11.7 Å². The number of rotatable bonds is 6. The van der Waals surface area contributed by atoms with Crippen molar-refractivity contribution in [1.29, 1.82) is 0 Å². The molecule has 0 saturated carbocycles. The highest BCUT2D eigenvalue weighted by atomic mass is 16.3. The molecule has 4 heteroatoms. The maximum absolute atomic E-state index is 10.2. The quantitative estimate of drug-likeness (QED) is 0.747. The van der Waals surface area contributed by atoms with Crippen LogP contribution in [0.1, 0.15) is 38.3 Å². The van der Waals surface area contributed by atoms with E-state index < -0.39 is 0 Å². The maximum atomic E-state index is 10.2. The smallest absolute Gasteiger partial charge is 0.122 e. The summed E-state index contributed by atoms with van der Waals surface area (Å²) in [6, 6.07) is 6.08. The fourth-order valence-electron chi connectivity index (χ4n) is 2.78. The van der Waals surface area contributed by atoms with Crippen LogP contribution in [0.5, 0.6) is 5.75 Å². The second kappa shape index (κ2) is 6.95. The fourth-order valence-corrected chi connectivity index (χ4v) is 2.78. The third kappa shape index (κ3) is 3.44. The Bertz CT molecular complexity index is 436. The minimum absolute atomic E-state index is 0.160. The molecule has 1 saturated heterocycles. The molecule has 0 spiro atoms. The first kappa shape index (κ1) is 15.1. The van der Waals surface area contributed by atoms with Gasteiger partial charge < -0.3 is 20.4 Å². The largest absolute Gasteiger partial charge is 0.508 e. The number of nitrogens with one attached hydrogen (secondary N) is 1. The van der Waals surface area contributed by atoms with Crippen LogP contribution in [0, 0.1) is 5.92 Å². The number of phenols is 1. The van der Waals surface area contributed by atoms with Crippen LogP contribution in [-0.2, 0) is 0 Å². The molecule has 3 N–H and O–H groups in total. The standard InChI is InChI=1S/C16H26N2O2/c1-3-7-17-12(2)15-5-4-14(9-16(15)20)18-8-6-13(10-18)11-19/h4-5,9,12-13,17,19-20H,3,6-8,10-11H2,1-2H3. The van der Waals surface area contributed by atoms with E-state index in [1.54, 1.807) is 0 Å². The Labute approximate surface area is 121 Å². The average molecular weight is 278 g/mol. The summed E-state index contributed by atoms with van der Waals surface area (Å²) in [5.74, 6) is 0.716. The number of aliphatic hydroxyl groups excluding tert-OH is 1. The van der Waals surface area contributed by atoms with Crippen LogP contribution >= 0.6 is 0 Å². The van der Waals surface area contributed by atoms with Crippen LogP contribution < -0.4 is 10.2 Å². The Kier molecular flexibility index (Phi) is 5.26. The molecule has 20 heavy (non-hydrogen) atoms. The molecular formula is C16H26N2O2. The predicted octanol–water partition coefficient (Wildman–Crippen LogP) is 2.27. The van der Waals surface area contributed by atoms with E-state index in [2.05, 4.69) is 30.1 Å². The lowest BCUT2D eigenvalue weighted by molar-refractivity contribution is 0.238. The predicted molar refractivity (Wildman–Crippen MR) is 82.2 cm³/mol. The van der Waals surface area contributed by atoms with Gasteiger partial charge in [-0.15, -0.1) is 0 Å². The summed E-state index contributed by atoms with van der Waals surface area (Å²) < 4.78 is 0. The summed E-state index contributed by atoms with van der Waals surface area (Å²) >= 11 is 0. The number of phenolic OH excluding ortho intramolecular Hbond substituents is 1. The summed E-state index contributed by atoms with van der Waals surface area (Å²) in [6.07, 6.45) is 2.10. The van der Waals surface area contributed by atoms with Crippen LogP contribution in [0.25, 0.3) is 0 Å². The van der Waals surface area contributed by atoms with E-state index in [9.17, 15) is 10.2 Å². The number of benzene rings is 1. The van der Waals surface area contributed by atoms with Gasteiger partial charge in [0, 0.05) is 49.0 Å². The van der Waals surface area contributed by atoms with Crippen LogP contribution in [-0.4, -0.2) is 36.5 Å². The second-order valence-electron chi connectivity index (χ2n) is 5.70. The number of aliphatic hydroxyl groups is 1. The molecule has 112 valence electrons. The molecule has 1 aromatic carbocycles. The Hall–Kier alpha value is -1.26. The SMILES string of the molecule is CCCNC(C)c1ccc(N2CCC(CO)C2)cc1O.